The highest BCUT2D eigenvalue weighted by atomic mass is 35.5. The van der Waals surface area contributed by atoms with Gasteiger partial charge in [0, 0.05) is 12.0 Å². The second kappa shape index (κ2) is 7.24. The molecule has 0 unspecified atom stereocenters. The van der Waals surface area contributed by atoms with Crippen molar-refractivity contribution in [3.05, 3.63) is 33.8 Å². The molecule has 0 aliphatic carbocycles. The summed E-state index contributed by atoms with van der Waals surface area (Å²) in [6.45, 7) is 0. The van der Waals surface area contributed by atoms with Crippen LogP contribution in [0.5, 0.6) is 0 Å². The smallest absolute Gasteiger partial charge is 0.303 e. The first-order chi connectivity index (χ1) is 8.54. The van der Waals surface area contributed by atoms with E-state index in [2.05, 4.69) is 5.16 Å². The Kier molecular flexibility index (Phi) is 5.95. The standard InChI is InChI=1S/C12H13Cl2NO3/c1-18-15-11(3-2-4-12(16)17)8-5-6-9(13)10(14)7-8/h5-7H,2-4H2,1H3,(H,16,17)/b15-11+. The van der Waals surface area contributed by atoms with Gasteiger partial charge < -0.3 is 9.94 Å². The maximum Gasteiger partial charge on any atom is 0.303 e. The van der Waals surface area contributed by atoms with Crippen LogP contribution in [0.3, 0.4) is 0 Å². The first kappa shape index (κ1) is 14.8. The average Bonchev–Trinajstić information content (AvgIpc) is 2.31. The molecule has 0 aromatic heterocycles. The number of oxime groups is 1. The van der Waals surface area contributed by atoms with Crippen molar-refractivity contribution in [3.63, 3.8) is 0 Å². The second-order valence-electron chi connectivity index (χ2n) is 3.60. The van der Waals surface area contributed by atoms with Gasteiger partial charge in [-0.3, -0.25) is 4.79 Å². The molecule has 0 heterocycles. The van der Waals surface area contributed by atoms with Crippen LogP contribution < -0.4 is 0 Å². The third kappa shape index (κ3) is 4.55. The third-order valence-electron chi connectivity index (χ3n) is 2.26. The van der Waals surface area contributed by atoms with E-state index in [-0.39, 0.29) is 6.42 Å². The molecule has 0 saturated heterocycles. The number of carbonyl (C=O) groups is 1. The van der Waals surface area contributed by atoms with Crippen molar-refractivity contribution in [3.8, 4) is 0 Å². The highest BCUT2D eigenvalue weighted by Gasteiger charge is 2.08. The zero-order valence-corrected chi connectivity index (χ0v) is 11.3. The first-order valence-corrected chi connectivity index (χ1v) is 6.07. The van der Waals surface area contributed by atoms with Gasteiger partial charge in [-0.25, -0.2) is 0 Å². The predicted octanol–water partition coefficient (Wildman–Crippen LogP) is 3.60. The van der Waals surface area contributed by atoms with Gasteiger partial charge in [0.05, 0.1) is 15.8 Å². The van der Waals surface area contributed by atoms with Crippen molar-refractivity contribution in [1.82, 2.24) is 0 Å². The molecule has 6 heteroatoms. The SMILES string of the molecule is CO/N=C(\CCCC(=O)O)c1ccc(Cl)c(Cl)c1. The Hall–Kier alpha value is -1.26. The zero-order chi connectivity index (χ0) is 13.5. The van der Waals surface area contributed by atoms with Gasteiger partial charge in [0.25, 0.3) is 0 Å². The molecule has 0 aliphatic rings. The molecule has 1 aromatic carbocycles. The Morgan fingerprint density at radius 1 is 1.33 bits per heavy atom. The summed E-state index contributed by atoms with van der Waals surface area (Å²) in [6.07, 6.45) is 1.07. The van der Waals surface area contributed by atoms with Crippen LogP contribution in [0.4, 0.5) is 0 Å². The maximum atomic E-state index is 10.5. The molecular formula is C12H13Cl2NO3. The first-order valence-electron chi connectivity index (χ1n) is 5.32. The minimum atomic E-state index is -0.832. The van der Waals surface area contributed by atoms with Crippen LogP contribution in [0.25, 0.3) is 0 Å². The van der Waals surface area contributed by atoms with Gasteiger partial charge in [0.2, 0.25) is 0 Å². The maximum absolute atomic E-state index is 10.5. The van der Waals surface area contributed by atoms with Crippen molar-refractivity contribution in [2.45, 2.75) is 19.3 Å². The predicted molar refractivity (Wildman–Crippen MR) is 71.5 cm³/mol. The number of carboxylic acids is 1. The summed E-state index contributed by atoms with van der Waals surface area (Å²) in [7, 11) is 1.44. The molecule has 0 atom stereocenters. The van der Waals surface area contributed by atoms with Crippen LogP contribution in [0.15, 0.2) is 23.4 Å². The van der Waals surface area contributed by atoms with Gasteiger partial charge >= 0.3 is 5.97 Å². The second-order valence-corrected chi connectivity index (χ2v) is 4.41. The number of aliphatic carboxylic acids is 1. The van der Waals surface area contributed by atoms with Crippen LogP contribution in [0, 0.1) is 0 Å². The van der Waals surface area contributed by atoms with Crippen molar-refractivity contribution in [2.75, 3.05) is 7.11 Å². The molecule has 0 bridgehead atoms. The van der Waals surface area contributed by atoms with Gasteiger partial charge in [-0.05, 0) is 25.0 Å². The van der Waals surface area contributed by atoms with E-state index in [1.165, 1.54) is 7.11 Å². The zero-order valence-electron chi connectivity index (χ0n) is 9.82. The minimum Gasteiger partial charge on any atom is -0.481 e. The summed E-state index contributed by atoms with van der Waals surface area (Å²) in [4.78, 5) is 15.2. The molecule has 0 spiro atoms. The lowest BCUT2D eigenvalue weighted by Crippen LogP contribution is -2.04. The normalized spacial score (nSPS) is 11.4. The van der Waals surface area contributed by atoms with Gasteiger partial charge in [-0.15, -0.1) is 0 Å². The van der Waals surface area contributed by atoms with E-state index in [1.807, 2.05) is 0 Å². The molecular weight excluding hydrogens is 277 g/mol. The average molecular weight is 290 g/mol. The Bertz CT molecular complexity index is 461. The van der Waals surface area contributed by atoms with Gasteiger partial charge in [0.15, 0.2) is 0 Å². The molecule has 0 fully saturated rings. The number of nitrogens with zero attached hydrogens (tertiary/aromatic N) is 1. The van der Waals surface area contributed by atoms with Crippen LogP contribution in [0.1, 0.15) is 24.8 Å². The van der Waals surface area contributed by atoms with Crippen LogP contribution in [0.2, 0.25) is 10.0 Å². The Balaban J connectivity index is 2.81. The lowest BCUT2D eigenvalue weighted by atomic mass is 10.0. The van der Waals surface area contributed by atoms with E-state index in [0.717, 1.165) is 5.56 Å². The fourth-order valence-corrected chi connectivity index (χ4v) is 1.73. The van der Waals surface area contributed by atoms with E-state index in [9.17, 15) is 4.79 Å². The summed E-state index contributed by atoms with van der Waals surface area (Å²) < 4.78 is 0. The molecule has 0 aliphatic heterocycles. The summed E-state index contributed by atoms with van der Waals surface area (Å²) in [5.74, 6) is -0.832. The van der Waals surface area contributed by atoms with E-state index in [1.54, 1.807) is 18.2 Å². The highest BCUT2D eigenvalue weighted by Crippen LogP contribution is 2.23. The van der Waals surface area contributed by atoms with Crippen LogP contribution in [-0.2, 0) is 9.63 Å². The van der Waals surface area contributed by atoms with Crippen molar-refractivity contribution >= 4 is 34.9 Å². The molecule has 98 valence electrons. The molecule has 1 aromatic rings. The highest BCUT2D eigenvalue weighted by molar-refractivity contribution is 6.42. The van der Waals surface area contributed by atoms with Gasteiger partial charge in [0.1, 0.15) is 7.11 Å². The Morgan fingerprint density at radius 3 is 2.61 bits per heavy atom. The van der Waals surface area contributed by atoms with Crippen molar-refractivity contribution in [2.24, 2.45) is 5.16 Å². The van der Waals surface area contributed by atoms with E-state index in [0.29, 0.717) is 28.6 Å². The number of rotatable bonds is 6. The van der Waals surface area contributed by atoms with Crippen LogP contribution in [-0.4, -0.2) is 23.9 Å². The van der Waals surface area contributed by atoms with Crippen LogP contribution >= 0.6 is 23.2 Å². The number of hydrogen-bond donors (Lipinski definition) is 1. The molecule has 0 radical (unpaired) electrons. The number of carboxylic acid groups (broad SMARTS) is 1. The van der Waals surface area contributed by atoms with E-state index >= 15 is 0 Å². The number of benzene rings is 1. The quantitative estimate of drug-likeness (QED) is 0.643. The monoisotopic (exact) mass is 289 g/mol. The van der Waals surface area contributed by atoms with Gasteiger partial charge in [-0.2, -0.15) is 0 Å². The fraction of sp³-hybridized carbons (Fsp3) is 0.333. The lowest BCUT2D eigenvalue weighted by Gasteiger charge is -2.06. The van der Waals surface area contributed by atoms with E-state index in [4.69, 9.17) is 33.1 Å². The van der Waals surface area contributed by atoms with Crippen molar-refractivity contribution < 1.29 is 14.7 Å². The summed E-state index contributed by atoms with van der Waals surface area (Å²) in [6, 6.07) is 5.12. The Morgan fingerprint density at radius 2 is 2.06 bits per heavy atom. The third-order valence-corrected chi connectivity index (χ3v) is 3.00. The fourth-order valence-electron chi connectivity index (χ4n) is 1.44. The van der Waals surface area contributed by atoms with Crippen molar-refractivity contribution in [1.29, 1.82) is 0 Å². The summed E-state index contributed by atoms with van der Waals surface area (Å²) >= 11 is 11.7. The lowest BCUT2D eigenvalue weighted by molar-refractivity contribution is -0.137. The molecule has 0 amide bonds. The van der Waals surface area contributed by atoms with E-state index < -0.39 is 5.97 Å². The number of hydrogen-bond acceptors (Lipinski definition) is 3. The molecule has 1 rings (SSSR count). The topological polar surface area (TPSA) is 58.9 Å². The van der Waals surface area contributed by atoms with Gasteiger partial charge in [-0.1, -0.05) is 34.4 Å². The Labute approximate surface area is 115 Å². The molecule has 4 nitrogen and oxygen atoms in total. The molecule has 18 heavy (non-hydrogen) atoms. The summed E-state index contributed by atoms with van der Waals surface area (Å²) in [5, 5.41) is 13.4. The molecule has 0 saturated carbocycles. The summed E-state index contributed by atoms with van der Waals surface area (Å²) in [5.41, 5.74) is 1.42. The minimum absolute atomic E-state index is 0.0874. The number of halogens is 2. The molecule has 1 N–H and O–H groups in total. The largest absolute Gasteiger partial charge is 0.481 e.